The maximum Gasteiger partial charge on any atom is 0.411 e. The number of hydrogen-bond acceptors (Lipinski definition) is 8. The lowest BCUT2D eigenvalue weighted by molar-refractivity contribution is 0.119. The first-order chi connectivity index (χ1) is 18.1. The van der Waals surface area contributed by atoms with E-state index in [1.807, 2.05) is 0 Å². The number of nitrogens with one attached hydrogen (secondary N) is 3. The summed E-state index contributed by atoms with van der Waals surface area (Å²) < 4.78 is 39.8. The fraction of sp³-hybridized carbons (Fsp3) is 0.556. The summed E-state index contributed by atoms with van der Waals surface area (Å²) in [5, 5.41) is 6.42. The highest BCUT2D eigenvalue weighted by Gasteiger charge is 2.29. The number of sulfonamides is 1. The van der Waals surface area contributed by atoms with E-state index >= 15 is 0 Å². The molecule has 0 aliphatic heterocycles. The summed E-state index contributed by atoms with van der Waals surface area (Å²) in [6.07, 6.45) is 3.12. The Labute approximate surface area is 235 Å². The Balaban J connectivity index is 1.82. The molecule has 2 aromatic rings. The number of aromatic nitrogens is 1. The maximum absolute atomic E-state index is 13.4. The molecule has 1 saturated carbocycles. The Morgan fingerprint density at radius 3 is 2.33 bits per heavy atom. The highest BCUT2D eigenvalue weighted by molar-refractivity contribution is 7.89. The molecule has 3 N–H and O–H groups in total. The highest BCUT2D eigenvalue weighted by atomic mass is 32.2. The Kier molecular flexibility index (Phi) is 9.89. The van der Waals surface area contributed by atoms with Gasteiger partial charge in [-0.25, -0.2) is 27.7 Å². The van der Waals surface area contributed by atoms with E-state index in [1.54, 1.807) is 59.9 Å². The third kappa shape index (κ3) is 9.11. The summed E-state index contributed by atoms with van der Waals surface area (Å²) in [5.74, 6) is 0.212. The van der Waals surface area contributed by atoms with Crippen molar-refractivity contribution in [2.75, 3.05) is 5.32 Å². The van der Waals surface area contributed by atoms with Crippen molar-refractivity contribution in [3.63, 3.8) is 0 Å². The van der Waals surface area contributed by atoms with Crippen molar-refractivity contribution in [2.24, 2.45) is 0 Å². The average Bonchev–Trinajstić information content (AvgIpc) is 3.27. The van der Waals surface area contributed by atoms with Gasteiger partial charge in [-0.15, -0.1) is 11.3 Å². The van der Waals surface area contributed by atoms with E-state index in [-0.39, 0.29) is 23.0 Å². The van der Waals surface area contributed by atoms with E-state index in [4.69, 9.17) is 9.47 Å². The van der Waals surface area contributed by atoms with Gasteiger partial charge in [-0.3, -0.25) is 5.32 Å². The molecule has 10 nitrogen and oxygen atoms in total. The average molecular weight is 580 g/mol. The number of amides is 2. The number of carbonyl (C=O) groups is 2. The van der Waals surface area contributed by atoms with Crippen LogP contribution in [-0.4, -0.2) is 49.4 Å². The summed E-state index contributed by atoms with van der Waals surface area (Å²) in [4.78, 5) is 29.4. The van der Waals surface area contributed by atoms with Gasteiger partial charge in [0.05, 0.1) is 20.9 Å². The summed E-state index contributed by atoms with van der Waals surface area (Å²) in [5.41, 5.74) is 0.0967. The van der Waals surface area contributed by atoms with Gasteiger partial charge in [0.15, 0.2) is 0 Å². The van der Waals surface area contributed by atoms with Gasteiger partial charge in [-0.05, 0) is 72.4 Å². The third-order valence-corrected chi connectivity index (χ3v) is 8.79. The number of hydrogen-bond donors (Lipinski definition) is 3. The molecule has 1 aromatic heterocycles. The lowest BCUT2D eigenvalue weighted by Gasteiger charge is -2.27. The quantitative estimate of drug-likeness (QED) is 0.335. The molecule has 39 heavy (non-hydrogen) atoms. The van der Waals surface area contributed by atoms with Crippen molar-refractivity contribution in [1.82, 2.24) is 15.0 Å². The first-order valence-electron chi connectivity index (χ1n) is 13.0. The lowest BCUT2D eigenvalue weighted by Crippen LogP contribution is -2.40. The van der Waals surface area contributed by atoms with Crippen LogP contribution in [0.15, 0.2) is 29.3 Å². The maximum atomic E-state index is 13.4. The lowest BCUT2D eigenvalue weighted by atomic mass is 9.86. The zero-order chi connectivity index (χ0) is 29.0. The van der Waals surface area contributed by atoms with Crippen LogP contribution in [0, 0.1) is 6.92 Å². The van der Waals surface area contributed by atoms with E-state index in [9.17, 15) is 18.0 Å². The first kappa shape index (κ1) is 30.7. The van der Waals surface area contributed by atoms with Gasteiger partial charge in [0.25, 0.3) is 0 Å². The highest BCUT2D eigenvalue weighted by Crippen LogP contribution is 2.40. The van der Waals surface area contributed by atoms with Crippen LogP contribution in [-0.2, 0) is 19.5 Å². The number of nitrogens with zero attached hydrogens (tertiary/aromatic N) is 1. The minimum absolute atomic E-state index is 0.0366. The molecule has 3 rings (SSSR count). The Hall–Kier alpha value is -2.83. The van der Waals surface area contributed by atoms with Gasteiger partial charge in [-0.2, -0.15) is 0 Å². The van der Waals surface area contributed by atoms with Gasteiger partial charge >= 0.3 is 12.2 Å². The first-order valence-corrected chi connectivity index (χ1v) is 15.3. The summed E-state index contributed by atoms with van der Waals surface area (Å²) >= 11 is 1.46. The Bertz CT molecular complexity index is 1260. The number of alkyl carbamates (subject to hydrolysis) is 1. The van der Waals surface area contributed by atoms with Crippen LogP contribution in [0.5, 0.6) is 0 Å². The predicted molar refractivity (Wildman–Crippen MR) is 152 cm³/mol. The Morgan fingerprint density at radius 1 is 1.08 bits per heavy atom. The molecular formula is C27H39N4O6S2+. The van der Waals surface area contributed by atoms with E-state index in [1.165, 1.54) is 17.4 Å². The monoisotopic (exact) mass is 579 g/mol. The molecule has 1 atom stereocenters. The Morgan fingerprint density at radius 2 is 1.74 bits per heavy atom. The van der Waals surface area contributed by atoms with E-state index < -0.39 is 33.9 Å². The van der Waals surface area contributed by atoms with E-state index in [0.717, 1.165) is 30.7 Å². The summed E-state index contributed by atoms with van der Waals surface area (Å²) in [6, 6.07) is 4.80. The summed E-state index contributed by atoms with van der Waals surface area (Å²) in [7, 11) is -3.94. The molecule has 0 saturated heterocycles. The van der Waals surface area contributed by atoms with Gasteiger partial charge in [0.2, 0.25) is 16.1 Å². The van der Waals surface area contributed by atoms with E-state index in [0.29, 0.717) is 16.1 Å². The molecule has 214 valence electrons. The predicted octanol–water partition coefficient (Wildman–Crippen LogP) is 5.82. The minimum atomic E-state index is -3.94. The zero-order valence-electron chi connectivity index (χ0n) is 23.4. The van der Waals surface area contributed by atoms with Crippen LogP contribution in [0.25, 0.3) is 10.4 Å². The molecule has 1 unspecified atom stereocenters. The third-order valence-electron chi connectivity index (χ3n) is 5.80. The normalized spacial score (nSPS) is 18.8. The molecule has 1 aliphatic carbocycles. The van der Waals surface area contributed by atoms with Crippen molar-refractivity contribution in [3.8, 4) is 10.4 Å². The smallest absolute Gasteiger partial charge is 0.411 e. The van der Waals surface area contributed by atoms with Crippen LogP contribution < -0.4 is 15.4 Å². The van der Waals surface area contributed by atoms with Gasteiger partial charge < -0.3 is 14.8 Å². The molecule has 1 heterocycles. The second-order valence-corrected chi connectivity index (χ2v) is 13.8. The number of benzene rings is 1. The van der Waals surface area contributed by atoms with Crippen LogP contribution in [0.1, 0.15) is 78.2 Å². The number of ether oxygens (including phenoxy) is 2. The standard InChI is InChI=1S/C27H38N4O6S2/c1-16(2)36-25(32)29-19-10-8-18(9-11-19)24-28-15-22(38-24)21-13-12-20(30-26(33)37-17(3)4)14-23(21)39(34,35)31-27(5,6)7/h12-19,31H,1,8-11H2,2-7H3,(H-,29,30,32,33)/p+1. The van der Waals surface area contributed by atoms with Crippen LogP contribution in [0.2, 0.25) is 0 Å². The second kappa shape index (κ2) is 12.6. The van der Waals surface area contributed by atoms with Crippen LogP contribution in [0.3, 0.4) is 0 Å². The van der Waals surface area contributed by atoms with Crippen molar-refractivity contribution < 1.29 is 27.5 Å². The number of thiazole rings is 1. The summed E-state index contributed by atoms with van der Waals surface area (Å²) in [6.45, 7) is 14.1. The molecule has 2 amide bonds. The molecule has 0 radical (unpaired) electrons. The van der Waals surface area contributed by atoms with Crippen molar-refractivity contribution in [3.05, 3.63) is 36.3 Å². The molecular weight excluding hydrogens is 540 g/mol. The fourth-order valence-corrected chi connectivity index (χ4v) is 7.17. The zero-order valence-corrected chi connectivity index (χ0v) is 25.0. The molecule has 1 aliphatic rings. The molecule has 1 fully saturated rings. The van der Waals surface area contributed by atoms with E-state index in [2.05, 4.69) is 27.3 Å². The fourth-order valence-electron chi connectivity index (χ4n) is 4.31. The minimum Gasteiger partial charge on any atom is -0.447 e. The largest absolute Gasteiger partial charge is 0.447 e. The second-order valence-electron chi connectivity index (χ2n) is 11.1. The van der Waals surface area contributed by atoms with Crippen LogP contribution >= 0.6 is 11.3 Å². The van der Waals surface area contributed by atoms with Gasteiger partial charge in [-0.1, -0.05) is 6.07 Å². The molecule has 1 aromatic carbocycles. The topological polar surface area (TPSA) is 136 Å². The number of carbonyl (C=O) groups excluding carboxylic acids is 2. The van der Waals surface area contributed by atoms with Gasteiger partial charge in [0.1, 0.15) is 6.92 Å². The van der Waals surface area contributed by atoms with Gasteiger partial charge in [0, 0.05) is 41.9 Å². The van der Waals surface area contributed by atoms with Crippen LogP contribution in [0.4, 0.5) is 15.3 Å². The number of anilines is 1. The SMILES string of the molecule is [CH2+]C(C)OC(=O)NC1CCC(c2ncc(-c3ccc(NC(=O)OC(C)C)cc3S(=O)(=O)NC(C)(C)C)s2)CC1. The molecule has 0 spiro atoms. The van der Waals surface area contributed by atoms with Crippen molar-refractivity contribution in [1.29, 1.82) is 0 Å². The van der Waals surface area contributed by atoms with Crippen molar-refractivity contribution >= 4 is 39.2 Å². The molecule has 12 heteroatoms. The van der Waals surface area contributed by atoms with Crippen molar-refractivity contribution in [2.45, 2.75) is 102 Å². The molecule has 0 bridgehead atoms. The number of rotatable bonds is 8.